The Morgan fingerprint density at radius 3 is 2.25 bits per heavy atom. The SMILES string of the molecule is CS(=O)(=O)OC[C@H]1[C@H]2C[C@H](C[C@@H]2OS(C)(=O)=O)[C@@H]1c1ccccc1. The first-order valence-corrected chi connectivity index (χ1v) is 11.5. The van der Waals surface area contributed by atoms with Gasteiger partial charge in [0.2, 0.25) is 0 Å². The number of benzene rings is 1. The zero-order chi connectivity index (χ0) is 17.5. The summed E-state index contributed by atoms with van der Waals surface area (Å²) in [4.78, 5) is 0. The molecule has 3 rings (SSSR count). The Bertz CT molecular complexity index is 787. The monoisotopic (exact) mass is 374 g/mol. The van der Waals surface area contributed by atoms with Crippen LogP contribution in [-0.4, -0.2) is 42.1 Å². The Labute approximate surface area is 143 Å². The molecular formula is C16H22O6S2. The Balaban J connectivity index is 1.85. The van der Waals surface area contributed by atoms with Gasteiger partial charge in [-0.25, -0.2) is 0 Å². The van der Waals surface area contributed by atoms with Crippen molar-refractivity contribution in [1.82, 2.24) is 0 Å². The van der Waals surface area contributed by atoms with E-state index in [1.54, 1.807) is 0 Å². The van der Waals surface area contributed by atoms with Crippen molar-refractivity contribution in [2.75, 3.05) is 19.1 Å². The van der Waals surface area contributed by atoms with E-state index in [0.29, 0.717) is 6.42 Å². The van der Waals surface area contributed by atoms with Gasteiger partial charge in [0.1, 0.15) is 0 Å². The van der Waals surface area contributed by atoms with E-state index in [-0.39, 0.29) is 30.3 Å². The number of hydrogen-bond donors (Lipinski definition) is 0. The van der Waals surface area contributed by atoms with E-state index in [0.717, 1.165) is 24.5 Å². The minimum absolute atomic E-state index is 0.0170. The van der Waals surface area contributed by atoms with Crippen molar-refractivity contribution in [3.05, 3.63) is 35.9 Å². The van der Waals surface area contributed by atoms with E-state index in [4.69, 9.17) is 8.37 Å². The molecule has 5 atom stereocenters. The Kier molecular flexibility index (Phi) is 4.76. The molecule has 0 unspecified atom stereocenters. The summed E-state index contributed by atoms with van der Waals surface area (Å²) in [5, 5.41) is 0. The van der Waals surface area contributed by atoms with E-state index >= 15 is 0 Å². The van der Waals surface area contributed by atoms with E-state index in [1.165, 1.54) is 0 Å². The molecule has 2 aliphatic carbocycles. The van der Waals surface area contributed by atoms with Crippen molar-refractivity contribution < 1.29 is 25.2 Å². The van der Waals surface area contributed by atoms with Gasteiger partial charge in [0, 0.05) is 0 Å². The summed E-state index contributed by atoms with van der Waals surface area (Å²) < 4.78 is 56.1. The summed E-state index contributed by atoms with van der Waals surface area (Å²) in [5.74, 6) is 0.346. The minimum atomic E-state index is -3.55. The van der Waals surface area contributed by atoms with Crippen LogP contribution in [0.5, 0.6) is 0 Å². The molecule has 1 aromatic rings. The molecule has 2 bridgehead atoms. The third kappa shape index (κ3) is 3.99. The molecule has 0 aromatic heterocycles. The fraction of sp³-hybridized carbons (Fsp3) is 0.625. The number of hydrogen-bond acceptors (Lipinski definition) is 6. The first-order valence-electron chi connectivity index (χ1n) is 7.91. The van der Waals surface area contributed by atoms with Crippen molar-refractivity contribution in [2.45, 2.75) is 24.9 Å². The van der Waals surface area contributed by atoms with Crippen LogP contribution >= 0.6 is 0 Å². The van der Waals surface area contributed by atoms with E-state index in [1.807, 2.05) is 30.3 Å². The molecule has 2 aliphatic rings. The lowest BCUT2D eigenvalue weighted by Crippen LogP contribution is -2.36. The van der Waals surface area contributed by atoms with Crippen LogP contribution in [0.25, 0.3) is 0 Å². The van der Waals surface area contributed by atoms with Crippen LogP contribution in [0.2, 0.25) is 0 Å². The van der Waals surface area contributed by atoms with Gasteiger partial charge < -0.3 is 0 Å². The highest BCUT2D eigenvalue weighted by Gasteiger charge is 2.54. The van der Waals surface area contributed by atoms with Crippen LogP contribution in [0.3, 0.4) is 0 Å². The first kappa shape index (κ1) is 17.8. The maximum absolute atomic E-state index is 11.5. The summed E-state index contributed by atoms with van der Waals surface area (Å²) >= 11 is 0. The molecule has 6 nitrogen and oxygen atoms in total. The highest BCUT2D eigenvalue weighted by molar-refractivity contribution is 7.86. The smallest absolute Gasteiger partial charge is 0.264 e. The van der Waals surface area contributed by atoms with Crippen molar-refractivity contribution in [3.63, 3.8) is 0 Å². The predicted octanol–water partition coefficient (Wildman–Crippen LogP) is 1.75. The van der Waals surface area contributed by atoms with Crippen LogP contribution in [0.4, 0.5) is 0 Å². The molecule has 2 fully saturated rings. The molecule has 8 heteroatoms. The Morgan fingerprint density at radius 1 is 1.00 bits per heavy atom. The van der Waals surface area contributed by atoms with E-state index < -0.39 is 26.3 Å². The topological polar surface area (TPSA) is 86.7 Å². The van der Waals surface area contributed by atoms with Crippen LogP contribution in [0.15, 0.2) is 30.3 Å². The summed E-state index contributed by atoms with van der Waals surface area (Å²) in [5.41, 5.74) is 1.14. The Morgan fingerprint density at radius 2 is 1.67 bits per heavy atom. The molecule has 24 heavy (non-hydrogen) atoms. The molecule has 0 heterocycles. The molecule has 134 valence electrons. The molecule has 0 spiro atoms. The lowest BCUT2D eigenvalue weighted by Gasteiger charge is -2.35. The zero-order valence-electron chi connectivity index (χ0n) is 13.7. The first-order chi connectivity index (χ1) is 11.1. The Hall–Kier alpha value is -0.960. The molecule has 0 amide bonds. The summed E-state index contributed by atoms with van der Waals surface area (Å²) in [6, 6.07) is 9.92. The number of rotatable bonds is 6. The van der Waals surface area contributed by atoms with Gasteiger partial charge in [0.15, 0.2) is 0 Å². The molecule has 2 saturated carbocycles. The third-order valence-electron chi connectivity index (χ3n) is 5.06. The summed E-state index contributed by atoms with van der Waals surface area (Å²) in [6.07, 6.45) is 3.19. The van der Waals surface area contributed by atoms with Gasteiger partial charge in [-0.15, -0.1) is 0 Å². The normalized spacial score (nSPS) is 33.0. The zero-order valence-corrected chi connectivity index (χ0v) is 15.3. The second kappa shape index (κ2) is 6.40. The highest BCUT2D eigenvalue weighted by Crippen LogP contribution is 2.57. The van der Waals surface area contributed by atoms with Gasteiger partial charge in [-0.2, -0.15) is 16.8 Å². The third-order valence-corrected chi connectivity index (χ3v) is 6.23. The molecule has 1 aromatic carbocycles. The summed E-state index contributed by atoms with van der Waals surface area (Å²) in [7, 11) is -7.08. The number of fused-ring (bicyclic) bond motifs is 2. The van der Waals surface area contributed by atoms with Gasteiger partial charge in [-0.1, -0.05) is 30.3 Å². The lowest BCUT2D eigenvalue weighted by molar-refractivity contribution is 0.0737. The standard InChI is InChI=1S/C16H22O6S2/c1-23(17,18)21-10-14-13-8-12(9-15(13)22-24(2,19)20)16(14)11-6-4-3-5-7-11/h3-7,12-16H,8-10H2,1-2H3/t12-,13-,14+,15+,16+/m1/s1. The van der Waals surface area contributed by atoms with Gasteiger partial charge in [-0.3, -0.25) is 8.37 Å². The van der Waals surface area contributed by atoms with Crippen molar-refractivity contribution in [1.29, 1.82) is 0 Å². The molecular weight excluding hydrogens is 352 g/mol. The van der Waals surface area contributed by atoms with Gasteiger partial charge >= 0.3 is 0 Å². The average Bonchev–Trinajstić information content (AvgIpc) is 3.00. The van der Waals surface area contributed by atoms with Gasteiger partial charge in [0.05, 0.1) is 25.2 Å². The molecule has 0 N–H and O–H groups in total. The van der Waals surface area contributed by atoms with E-state index in [9.17, 15) is 16.8 Å². The fourth-order valence-corrected chi connectivity index (χ4v) is 5.46. The molecule has 0 aliphatic heterocycles. The largest absolute Gasteiger partial charge is 0.270 e. The van der Waals surface area contributed by atoms with Gasteiger partial charge in [-0.05, 0) is 42.1 Å². The predicted molar refractivity (Wildman–Crippen MR) is 89.4 cm³/mol. The van der Waals surface area contributed by atoms with Crippen LogP contribution < -0.4 is 0 Å². The lowest BCUT2D eigenvalue weighted by atomic mass is 9.75. The minimum Gasteiger partial charge on any atom is -0.270 e. The highest BCUT2D eigenvalue weighted by atomic mass is 32.2. The molecule has 0 radical (unpaired) electrons. The van der Waals surface area contributed by atoms with Crippen molar-refractivity contribution >= 4 is 20.2 Å². The van der Waals surface area contributed by atoms with Crippen molar-refractivity contribution in [2.24, 2.45) is 17.8 Å². The van der Waals surface area contributed by atoms with Crippen LogP contribution in [0, 0.1) is 17.8 Å². The maximum Gasteiger partial charge on any atom is 0.264 e. The summed E-state index contributed by atoms with van der Waals surface area (Å²) in [6.45, 7) is 0.0587. The fourth-order valence-electron chi connectivity index (χ4n) is 4.39. The quantitative estimate of drug-likeness (QED) is 0.705. The average molecular weight is 374 g/mol. The maximum atomic E-state index is 11.5. The van der Waals surface area contributed by atoms with Crippen molar-refractivity contribution in [3.8, 4) is 0 Å². The van der Waals surface area contributed by atoms with Gasteiger partial charge in [0.25, 0.3) is 20.2 Å². The van der Waals surface area contributed by atoms with Crippen LogP contribution in [-0.2, 0) is 28.6 Å². The second-order valence-electron chi connectivity index (χ2n) is 6.82. The van der Waals surface area contributed by atoms with Crippen LogP contribution in [0.1, 0.15) is 24.3 Å². The molecule has 0 saturated heterocycles. The second-order valence-corrected chi connectivity index (χ2v) is 10.1. The van der Waals surface area contributed by atoms with E-state index in [2.05, 4.69) is 0 Å².